The average molecular weight is 430 g/mol. The molecule has 0 fully saturated rings. The quantitative estimate of drug-likeness (QED) is 0.783. The molecule has 3 nitrogen and oxygen atoms in total. The second-order valence-corrected chi connectivity index (χ2v) is 5.47. The zero-order chi connectivity index (χ0) is 10.8. The second kappa shape index (κ2) is 11.8. The van der Waals surface area contributed by atoms with Gasteiger partial charge in [0.2, 0.25) is 0 Å². The van der Waals surface area contributed by atoms with Crippen LogP contribution in [0.3, 0.4) is 0 Å². The molecule has 0 amide bonds. The van der Waals surface area contributed by atoms with Gasteiger partial charge < -0.3 is 10.9 Å². The molecule has 0 saturated carbocycles. The summed E-state index contributed by atoms with van der Waals surface area (Å²) in [6.07, 6.45) is 0.407. The predicted molar refractivity (Wildman–Crippen MR) is 59.0 cm³/mol. The minimum absolute atomic E-state index is 0. The Morgan fingerprint density at radius 2 is 1.93 bits per heavy atom. The number of para-hydroxylation sites is 1. The Balaban J connectivity index is 0. The predicted octanol–water partition coefficient (Wildman–Crippen LogP) is 3.30. The van der Waals surface area contributed by atoms with Gasteiger partial charge in [0.25, 0.3) is 0 Å². The van der Waals surface area contributed by atoms with Crippen LogP contribution in [-0.2, 0) is 22.9 Å². The fourth-order valence-electron chi connectivity index (χ4n) is 0.934. The van der Waals surface area contributed by atoms with Crippen LogP contribution in [0.5, 0.6) is 5.75 Å². The molecular formula is C9H12Cl2N2OPt. The van der Waals surface area contributed by atoms with Crippen molar-refractivity contribution in [1.29, 1.82) is 5.26 Å². The molecule has 1 rings (SSSR count). The first-order valence-electron chi connectivity index (χ1n) is 3.61. The third-order valence-corrected chi connectivity index (χ3v) is 1.46. The van der Waals surface area contributed by atoms with Crippen molar-refractivity contribution in [2.75, 3.05) is 7.11 Å². The molecule has 0 spiro atoms. The molecule has 0 saturated heterocycles. The Labute approximate surface area is 106 Å². The van der Waals surface area contributed by atoms with Gasteiger partial charge in [-0.05, 0) is 6.07 Å². The summed E-state index contributed by atoms with van der Waals surface area (Å²) in [6, 6.07) is 9.61. The van der Waals surface area contributed by atoms with E-state index in [9.17, 15) is 0 Å². The van der Waals surface area contributed by atoms with Gasteiger partial charge in [-0.2, -0.15) is 5.26 Å². The summed E-state index contributed by atoms with van der Waals surface area (Å²) in [5.41, 5.74) is 0.942. The van der Waals surface area contributed by atoms with E-state index in [2.05, 4.69) is 6.07 Å². The van der Waals surface area contributed by atoms with Crippen LogP contribution in [0.1, 0.15) is 5.56 Å². The van der Waals surface area contributed by atoms with E-state index in [0.717, 1.165) is 11.3 Å². The second-order valence-electron chi connectivity index (χ2n) is 2.19. The molecule has 0 bridgehead atoms. The molecule has 0 aliphatic rings. The third kappa shape index (κ3) is 7.64. The molecule has 3 N–H and O–H groups in total. The summed E-state index contributed by atoms with van der Waals surface area (Å²) >= 11 is -0.472. The van der Waals surface area contributed by atoms with Crippen LogP contribution < -0.4 is 10.9 Å². The Hall–Kier alpha value is -0.262. The molecule has 6 heteroatoms. The minimum atomic E-state index is -0.472. The van der Waals surface area contributed by atoms with Crippen molar-refractivity contribution in [2.45, 2.75) is 6.42 Å². The van der Waals surface area contributed by atoms with E-state index in [1.807, 2.05) is 24.3 Å². The molecule has 15 heavy (non-hydrogen) atoms. The zero-order valence-electron chi connectivity index (χ0n) is 8.15. The number of hydrogen-bond acceptors (Lipinski definition) is 3. The molecule has 0 radical (unpaired) electrons. The normalized spacial score (nSPS) is 7.87. The number of methoxy groups -OCH3 is 1. The summed E-state index contributed by atoms with van der Waals surface area (Å²) < 4.78 is 5.05. The van der Waals surface area contributed by atoms with Crippen molar-refractivity contribution in [2.24, 2.45) is 0 Å². The fourth-order valence-corrected chi connectivity index (χ4v) is 0.934. The van der Waals surface area contributed by atoms with Crippen LogP contribution in [0, 0.1) is 11.3 Å². The Kier molecular flexibility index (Phi) is 13.5. The van der Waals surface area contributed by atoms with E-state index in [-0.39, 0.29) is 6.15 Å². The van der Waals surface area contributed by atoms with Gasteiger partial charge in [-0.25, -0.2) is 0 Å². The van der Waals surface area contributed by atoms with Gasteiger partial charge in [0.05, 0.1) is 19.6 Å². The third-order valence-electron chi connectivity index (χ3n) is 1.46. The molecule has 1 aromatic carbocycles. The summed E-state index contributed by atoms with van der Waals surface area (Å²) in [5, 5.41) is 8.43. The van der Waals surface area contributed by atoms with Gasteiger partial charge in [-0.1, -0.05) is 18.2 Å². The van der Waals surface area contributed by atoms with Gasteiger partial charge in [-0.3, -0.25) is 0 Å². The molecule has 0 atom stereocenters. The van der Waals surface area contributed by atoms with Gasteiger partial charge in [0.15, 0.2) is 0 Å². The van der Waals surface area contributed by atoms with Crippen LogP contribution >= 0.6 is 18.8 Å². The van der Waals surface area contributed by atoms with Crippen molar-refractivity contribution in [3.8, 4) is 11.8 Å². The zero-order valence-corrected chi connectivity index (χ0v) is 11.9. The molecule has 0 heterocycles. The summed E-state index contributed by atoms with van der Waals surface area (Å²) in [5.74, 6) is 0.786. The van der Waals surface area contributed by atoms with Crippen LogP contribution in [0.4, 0.5) is 0 Å². The van der Waals surface area contributed by atoms with Gasteiger partial charge in [0, 0.05) is 5.56 Å². The van der Waals surface area contributed by atoms with E-state index >= 15 is 0 Å². The maximum atomic E-state index is 8.43. The number of hydrogen-bond donors (Lipinski definition) is 1. The first kappa shape index (κ1) is 17.1. The summed E-state index contributed by atoms with van der Waals surface area (Å²) in [4.78, 5) is 0. The van der Waals surface area contributed by atoms with Gasteiger partial charge in [0.1, 0.15) is 5.75 Å². The maximum absolute atomic E-state index is 8.43. The Morgan fingerprint density at radius 1 is 1.40 bits per heavy atom. The molecular weight excluding hydrogens is 418 g/mol. The van der Waals surface area contributed by atoms with E-state index in [4.69, 9.17) is 28.8 Å². The van der Waals surface area contributed by atoms with E-state index in [0.29, 0.717) is 6.42 Å². The SMILES string of the molecule is COc1ccccc1CC#N.N.[Cl][Pt][Cl]. The summed E-state index contributed by atoms with van der Waals surface area (Å²) in [7, 11) is 11.4. The Morgan fingerprint density at radius 3 is 2.40 bits per heavy atom. The number of nitriles is 1. The number of benzene rings is 1. The molecule has 0 aromatic heterocycles. The van der Waals surface area contributed by atoms with Crippen molar-refractivity contribution in [3.63, 3.8) is 0 Å². The van der Waals surface area contributed by atoms with Gasteiger partial charge >= 0.3 is 35.3 Å². The van der Waals surface area contributed by atoms with E-state index in [1.165, 1.54) is 0 Å². The number of nitrogens with zero attached hydrogens (tertiary/aromatic N) is 1. The topological polar surface area (TPSA) is 68.0 Å². The fraction of sp³-hybridized carbons (Fsp3) is 0.222. The monoisotopic (exact) mass is 429 g/mol. The van der Waals surface area contributed by atoms with Crippen molar-refractivity contribution < 1.29 is 21.2 Å². The van der Waals surface area contributed by atoms with Gasteiger partial charge in [-0.15, -0.1) is 0 Å². The van der Waals surface area contributed by atoms with Crippen molar-refractivity contribution in [1.82, 2.24) is 6.15 Å². The number of rotatable bonds is 2. The molecule has 0 unspecified atom stereocenters. The van der Waals surface area contributed by atoms with Crippen molar-refractivity contribution in [3.05, 3.63) is 29.8 Å². The molecule has 88 valence electrons. The van der Waals surface area contributed by atoms with Crippen LogP contribution in [0.25, 0.3) is 0 Å². The van der Waals surface area contributed by atoms with E-state index in [1.54, 1.807) is 7.11 Å². The van der Waals surface area contributed by atoms with Crippen molar-refractivity contribution >= 4 is 18.8 Å². The first-order chi connectivity index (χ1) is 6.79. The first-order valence-corrected chi connectivity index (χ1v) is 9.24. The number of ether oxygens (including phenoxy) is 1. The van der Waals surface area contributed by atoms with E-state index < -0.39 is 16.5 Å². The molecule has 0 aliphatic carbocycles. The summed E-state index contributed by atoms with van der Waals surface area (Å²) in [6.45, 7) is 0. The average Bonchev–Trinajstić information content (AvgIpc) is 2.20. The molecule has 1 aromatic rings. The molecule has 0 aliphatic heterocycles. The standard InChI is InChI=1S/C9H9NO.2ClH.H3N.Pt/c1-11-9-5-3-2-4-8(9)6-7-10;;;;/h2-5H,6H2,1H3;2*1H;1H3;/q;;;;+2/p-2. The Bertz CT molecular complexity index is 304. The van der Waals surface area contributed by atoms with Crippen LogP contribution in [-0.4, -0.2) is 7.11 Å². The van der Waals surface area contributed by atoms with Crippen LogP contribution in [0.2, 0.25) is 0 Å². The number of halogens is 2. The van der Waals surface area contributed by atoms with Crippen LogP contribution in [0.15, 0.2) is 24.3 Å².